The predicted octanol–water partition coefficient (Wildman–Crippen LogP) is 4.82. The van der Waals surface area contributed by atoms with E-state index in [0.29, 0.717) is 33.5 Å². The number of pyridine rings is 1. The number of carbonyl (C=O) groups excluding carboxylic acids is 2. The predicted molar refractivity (Wildman–Crippen MR) is 128 cm³/mol. The zero-order valence-electron chi connectivity index (χ0n) is 18.6. The molecular weight excluding hydrogens is 414 g/mol. The van der Waals surface area contributed by atoms with Crippen molar-refractivity contribution in [2.75, 3.05) is 5.32 Å². The molecular formula is C26H25N5O2. The van der Waals surface area contributed by atoms with E-state index in [1.165, 1.54) is 0 Å². The maximum absolute atomic E-state index is 13.5. The highest BCUT2D eigenvalue weighted by atomic mass is 16.2. The highest BCUT2D eigenvalue weighted by Crippen LogP contribution is 2.28. The number of nitrogens with zero attached hydrogens (tertiary/aromatic N) is 3. The minimum atomic E-state index is -0.311. The van der Waals surface area contributed by atoms with Gasteiger partial charge in [0.15, 0.2) is 5.65 Å². The molecule has 7 nitrogen and oxygen atoms in total. The average molecular weight is 440 g/mol. The number of hydrogen-bond donors (Lipinski definition) is 2. The van der Waals surface area contributed by atoms with Crippen molar-refractivity contribution >= 4 is 28.5 Å². The van der Waals surface area contributed by atoms with E-state index < -0.39 is 0 Å². The van der Waals surface area contributed by atoms with Crippen LogP contribution in [0.25, 0.3) is 22.3 Å². The summed E-state index contributed by atoms with van der Waals surface area (Å²) in [6.45, 7) is 4.05. The van der Waals surface area contributed by atoms with Crippen molar-refractivity contribution in [1.29, 1.82) is 0 Å². The van der Waals surface area contributed by atoms with Gasteiger partial charge in [0.25, 0.3) is 11.8 Å². The van der Waals surface area contributed by atoms with Crippen LogP contribution in [0, 0.1) is 0 Å². The summed E-state index contributed by atoms with van der Waals surface area (Å²) in [6, 6.07) is 18.9. The maximum Gasteiger partial charge on any atom is 0.256 e. The topological polar surface area (TPSA) is 88.9 Å². The summed E-state index contributed by atoms with van der Waals surface area (Å²) in [6.07, 6.45) is 3.67. The van der Waals surface area contributed by atoms with E-state index >= 15 is 0 Å². The second-order valence-electron chi connectivity index (χ2n) is 8.59. The summed E-state index contributed by atoms with van der Waals surface area (Å²) in [5, 5.41) is 11.1. The first kappa shape index (κ1) is 20.9. The first-order chi connectivity index (χ1) is 16.0. The minimum Gasteiger partial charge on any atom is -0.349 e. The van der Waals surface area contributed by atoms with Gasteiger partial charge in [-0.05, 0) is 44.9 Å². The molecule has 0 saturated heterocycles. The molecule has 2 amide bonds. The number of hydrogen-bond acceptors (Lipinski definition) is 4. The minimum absolute atomic E-state index is 0.0868. The van der Waals surface area contributed by atoms with Crippen molar-refractivity contribution in [1.82, 2.24) is 20.1 Å². The number of aromatic nitrogens is 3. The lowest BCUT2D eigenvalue weighted by molar-refractivity contribution is 0.0952. The molecule has 4 aromatic rings. The zero-order chi connectivity index (χ0) is 22.9. The van der Waals surface area contributed by atoms with Crippen LogP contribution in [-0.4, -0.2) is 32.6 Å². The lowest BCUT2D eigenvalue weighted by Crippen LogP contribution is -2.27. The van der Waals surface area contributed by atoms with Crippen molar-refractivity contribution < 1.29 is 9.59 Å². The molecule has 1 aliphatic carbocycles. The Morgan fingerprint density at radius 3 is 2.42 bits per heavy atom. The van der Waals surface area contributed by atoms with Gasteiger partial charge in [0.2, 0.25) is 0 Å². The number of anilines is 1. The Hall–Kier alpha value is -4.00. The van der Waals surface area contributed by atoms with Crippen molar-refractivity contribution in [2.24, 2.45) is 0 Å². The van der Waals surface area contributed by atoms with Gasteiger partial charge >= 0.3 is 0 Å². The lowest BCUT2D eigenvalue weighted by atomic mass is 10.1. The third-order valence-electron chi connectivity index (χ3n) is 5.70. The maximum atomic E-state index is 13.5. The van der Waals surface area contributed by atoms with Crippen molar-refractivity contribution in [3.05, 3.63) is 78.0 Å². The highest BCUT2D eigenvalue weighted by molar-refractivity contribution is 6.14. The van der Waals surface area contributed by atoms with Gasteiger partial charge in [0.1, 0.15) is 0 Å². The van der Waals surface area contributed by atoms with Crippen LogP contribution in [0.4, 0.5) is 5.69 Å². The van der Waals surface area contributed by atoms with Crippen molar-refractivity contribution in [2.45, 2.75) is 38.8 Å². The molecule has 0 spiro atoms. The van der Waals surface area contributed by atoms with E-state index in [4.69, 9.17) is 4.98 Å². The normalized spacial score (nSPS) is 13.3. The molecule has 1 saturated carbocycles. The smallest absolute Gasteiger partial charge is 0.256 e. The molecule has 33 heavy (non-hydrogen) atoms. The summed E-state index contributed by atoms with van der Waals surface area (Å²) in [5.74, 6) is -0.486. The summed E-state index contributed by atoms with van der Waals surface area (Å²) < 4.78 is 1.82. The second-order valence-corrected chi connectivity index (χ2v) is 8.59. The van der Waals surface area contributed by atoms with Gasteiger partial charge < -0.3 is 10.6 Å². The molecule has 1 fully saturated rings. The number of fused-ring (bicyclic) bond motifs is 1. The average Bonchev–Trinajstić information content (AvgIpc) is 3.53. The number of amides is 2. The van der Waals surface area contributed by atoms with Gasteiger partial charge in [-0.25, -0.2) is 9.67 Å². The third-order valence-corrected chi connectivity index (χ3v) is 5.70. The Morgan fingerprint density at radius 1 is 0.970 bits per heavy atom. The van der Waals surface area contributed by atoms with Crippen LogP contribution < -0.4 is 10.6 Å². The number of benzene rings is 2. The number of rotatable bonds is 6. The fourth-order valence-corrected chi connectivity index (χ4v) is 3.81. The molecule has 0 aliphatic heterocycles. The van der Waals surface area contributed by atoms with E-state index in [2.05, 4.69) is 15.7 Å². The molecule has 5 rings (SSSR count). The van der Waals surface area contributed by atoms with E-state index in [-0.39, 0.29) is 23.9 Å². The number of para-hydroxylation sites is 1. The van der Waals surface area contributed by atoms with E-state index in [0.717, 1.165) is 18.4 Å². The van der Waals surface area contributed by atoms with Gasteiger partial charge in [0, 0.05) is 17.6 Å². The summed E-state index contributed by atoms with van der Waals surface area (Å²) in [5.41, 5.74) is 3.64. The Balaban J connectivity index is 1.56. The quantitative estimate of drug-likeness (QED) is 0.451. The van der Waals surface area contributed by atoms with Gasteiger partial charge in [-0.2, -0.15) is 5.10 Å². The zero-order valence-corrected chi connectivity index (χ0v) is 18.6. The van der Waals surface area contributed by atoms with Gasteiger partial charge in [-0.1, -0.05) is 42.5 Å². The lowest BCUT2D eigenvalue weighted by Gasteiger charge is -2.13. The molecule has 2 aromatic heterocycles. The molecule has 166 valence electrons. The third kappa shape index (κ3) is 4.22. The van der Waals surface area contributed by atoms with Crippen LogP contribution in [0.3, 0.4) is 0 Å². The Morgan fingerprint density at radius 2 is 1.70 bits per heavy atom. The van der Waals surface area contributed by atoms with Crippen LogP contribution >= 0.6 is 0 Å². The molecule has 7 heteroatoms. The molecule has 2 aromatic carbocycles. The van der Waals surface area contributed by atoms with Crippen LogP contribution in [0.15, 0.2) is 66.9 Å². The van der Waals surface area contributed by atoms with E-state index in [1.54, 1.807) is 36.5 Å². The van der Waals surface area contributed by atoms with Gasteiger partial charge in [-0.3, -0.25) is 9.59 Å². The van der Waals surface area contributed by atoms with Crippen molar-refractivity contribution in [3.63, 3.8) is 0 Å². The Bertz CT molecular complexity index is 1340. The molecule has 2 N–H and O–H groups in total. The highest BCUT2D eigenvalue weighted by Gasteiger charge is 2.25. The molecule has 0 atom stereocenters. The van der Waals surface area contributed by atoms with Crippen LogP contribution in [-0.2, 0) is 0 Å². The van der Waals surface area contributed by atoms with Crippen LogP contribution in [0.5, 0.6) is 0 Å². The van der Waals surface area contributed by atoms with E-state index in [9.17, 15) is 9.59 Å². The number of nitrogens with one attached hydrogen (secondary N) is 2. The van der Waals surface area contributed by atoms with Crippen molar-refractivity contribution in [3.8, 4) is 11.3 Å². The molecule has 2 heterocycles. The first-order valence-corrected chi connectivity index (χ1v) is 11.2. The summed E-state index contributed by atoms with van der Waals surface area (Å²) in [4.78, 5) is 31.0. The van der Waals surface area contributed by atoms with Gasteiger partial charge in [-0.15, -0.1) is 0 Å². The Kier molecular flexibility index (Phi) is 5.38. The first-order valence-electron chi connectivity index (χ1n) is 11.2. The molecule has 0 bridgehead atoms. The Labute approximate surface area is 191 Å². The van der Waals surface area contributed by atoms with E-state index in [1.807, 2.05) is 48.9 Å². The summed E-state index contributed by atoms with van der Waals surface area (Å²) in [7, 11) is 0. The van der Waals surface area contributed by atoms with Gasteiger partial charge in [0.05, 0.1) is 34.1 Å². The second kappa shape index (κ2) is 8.50. The fourth-order valence-electron chi connectivity index (χ4n) is 3.81. The summed E-state index contributed by atoms with van der Waals surface area (Å²) >= 11 is 0. The van der Waals surface area contributed by atoms with Crippen LogP contribution in [0.2, 0.25) is 0 Å². The molecule has 1 aliphatic rings. The molecule has 0 unspecified atom stereocenters. The largest absolute Gasteiger partial charge is 0.349 e. The SMILES string of the molecule is CC(C)n1ncc2c(C(=O)Nc3ccccc3C(=O)NC3CC3)cc(-c3ccccc3)nc21. The molecule has 0 radical (unpaired) electrons. The number of carbonyl (C=O) groups is 2. The van der Waals surface area contributed by atoms with Crippen LogP contribution in [0.1, 0.15) is 53.4 Å². The standard InChI is InChI=1S/C26H25N5O2/c1-16(2)31-24-21(15-27-31)20(14-23(29-24)17-8-4-3-5-9-17)26(33)30-22-11-7-6-10-19(22)25(32)28-18-12-13-18/h3-11,14-16,18H,12-13H2,1-2H3,(H,28,32)(H,30,33). The monoisotopic (exact) mass is 439 g/mol. The fraction of sp³-hybridized carbons (Fsp3) is 0.231.